The van der Waals surface area contributed by atoms with Crippen molar-refractivity contribution in [2.75, 3.05) is 13.6 Å². The Balaban J connectivity index is 1.72. The molecule has 0 radical (unpaired) electrons. The first-order valence-electron chi connectivity index (χ1n) is 7.31. The molecule has 124 valence electrons. The van der Waals surface area contributed by atoms with Gasteiger partial charge in [-0.2, -0.15) is 0 Å². The summed E-state index contributed by atoms with van der Waals surface area (Å²) >= 11 is 12.2. The lowest BCUT2D eigenvalue weighted by atomic mass is 10.1. The van der Waals surface area contributed by atoms with Gasteiger partial charge in [0.15, 0.2) is 5.78 Å². The van der Waals surface area contributed by atoms with Gasteiger partial charge < -0.3 is 9.97 Å². The Morgan fingerprint density at radius 3 is 2.67 bits per heavy atom. The Hall–Kier alpha value is -2.08. The molecule has 0 unspecified atom stereocenters. The van der Waals surface area contributed by atoms with Gasteiger partial charge in [0.1, 0.15) is 0 Å². The first-order chi connectivity index (χ1) is 11.4. The van der Waals surface area contributed by atoms with Crippen LogP contribution in [-0.2, 0) is 6.54 Å². The number of ketones is 1. The molecule has 1 aromatic heterocycles. The summed E-state index contributed by atoms with van der Waals surface area (Å²) in [5, 5.41) is 1.00. The average Bonchev–Trinajstić information content (AvgIpc) is 2.90. The molecule has 7 heteroatoms. The largest absolute Gasteiger partial charge is 0.323 e. The maximum Gasteiger partial charge on any atom is 0.323 e. The molecule has 0 atom stereocenters. The van der Waals surface area contributed by atoms with Crippen LogP contribution in [0.4, 0.5) is 0 Å². The van der Waals surface area contributed by atoms with Crippen molar-refractivity contribution in [3.05, 3.63) is 68.1 Å². The molecule has 0 saturated heterocycles. The molecule has 0 aliphatic rings. The lowest BCUT2D eigenvalue weighted by Crippen LogP contribution is -2.25. The zero-order valence-corrected chi connectivity index (χ0v) is 14.4. The number of hydrogen-bond acceptors (Lipinski definition) is 3. The maximum atomic E-state index is 12.4. The number of carbonyl (C=O) groups is 1. The van der Waals surface area contributed by atoms with Gasteiger partial charge in [-0.1, -0.05) is 35.3 Å². The molecule has 2 aromatic carbocycles. The van der Waals surface area contributed by atoms with Gasteiger partial charge in [-0.25, -0.2) is 4.79 Å². The van der Waals surface area contributed by atoms with Crippen molar-refractivity contribution in [3.63, 3.8) is 0 Å². The summed E-state index contributed by atoms with van der Waals surface area (Å²) < 4.78 is 0. The van der Waals surface area contributed by atoms with Gasteiger partial charge in [0.05, 0.1) is 27.6 Å². The lowest BCUT2D eigenvalue weighted by molar-refractivity contribution is 0.0943. The minimum absolute atomic E-state index is 0.0420. The first-order valence-corrected chi connectivity index (χ1v) is 8.06. The fourth-order valence-corrected chi connectivity index (χ4v) is 2.94. The smallest absolute Gasteiger partial charge is 0.306 e. The van der Waals surface area contributed by atoms with Crippen LogP contribution in [0.1, 0.15) is 15.9 Å². The van der Waals surface area contributed by atoms with Gasteiger partial charge >= 0.3 is 5.69 Å². The molecular weight excluding hydrogens is 349 g/mol. The standard InChI is InChI=1S/C17H15Cl2N3O2/c1-22(8-11-3-2-4-12(18)16(11)19)9-15(23)10-5-6-13-14(7-10)21-17(24)20-13/h2-7H,8-9H2,1H3,(H2,20,21,24). The number of rotatable bonds is 5. The van der Waals surface area contributed by atoms with Gasteiger partial charge in [0.25, 0.3) is 0 Å². The zero-order valence-electron chi connectivity index (χ0n) is 12.9. The molecule has 0 spiro atoms. The number of H-pyrrole nitrogens is 2. The zero-order chi connectivity index (χ0) is 17.3. The number of nitrogens with one attached hydrogen (secondary N) is 2. The number of benzene rings is 2. The number of likely N-dealkylation sites (N-methyl/N-ethyl adjacent to an activating group) is 1. The third-order valence-corrected chi connectivity index (χ3v) is 4.58. The predicted octanol–water partition coefficient (Wildman–Crippen LogP) is 3.48. The second kappa shape index (κ2) is 6.81. The molecule has 3 aromatic rings. The number of halogens is 2. The molecule has 2 N–H and O–H groups in total. The molecule has 1 heterocycles. The number of carbonyl (C=O) groups excluding carboxylic acids is 1. The Morgan fingerprint density at radius 2 is 1.88 bits per heavy atom. The third-order valence-electron chi connectivity index (χ3n) is 3.72. The molecule has 3 rings (SSSR count). The van der Waals surface area contributed by atoms with E-state index in [0.717, 1.165) is 5.56 Å². The number of Topliss-reactive ketones (excluding diaryl/α,β-unsaturated/α-hetero) is 1. The van der Waals surface area contributed by atoms with E-state index < -0.39 is 0 Å². The minimum atomic E-state index is -0.290. The Bertz CT molecular complexity index is 962. The SMILES string of the molecule is CN(CC(=O)c1ccc2[nH]c(=O)[nH]c2c1)Cc1cccc(Cl)c1Cl. The number of imidazole rings is 1. The molecule has 0 amide bonds. The van der Waals surface area contributed by atoms with Crippen LogP contribution in [0, 0.1) is 0 Å². The van der Waals surface area contributed by atoms with E-state index in [9.17, 15) is 9.59 Å². The van der Waals surface area contributed by atoms with E-state index in [0.29, 0.717) is 33.2 Å². The van der Waals surface area contributed by atoms with Crippen LogP contribution in [0.2, 0.25) is 10.0 Å². The number of fused-ring (bicyclic) bond motifs is 1. The molecule has 5 nitrogen and oxygen atoms in total. The van der Waals surface area contributed by atoms with Crippen LogP contribution in [0.5, 0.6) is 0 Å². The van der Waals surface area contributed by atoms with Crippen molar-refractivity contribution in [1.29, 1.82) is 0 Å². The van der Waals surface area contributed by atoms with Gasteiger partial charge in [-0.15, -0.1) is 0 Å². The highest BCUT2D eigenvalue weighted by Crippen LogP contribution is 2.26. The molecule has 0 fully saturated rings. The van der Waals surface area contributed by atoms with Gasteiger partial charge in [-0.05, 0) is 36.9 Å². The van der Waals surface area contributed by atoms with Crippen molar-refractivity contribution < 1.29 is 4.79 Å². The summed E-state index contributed by atoms with van der Waals surface area (Å²) in [6.07, 6.45) is 0. The Labute approximate surface area is 148 Å². The lowest BCUT2D eigenvalue weighted by Gasteiger charge is -2.17. The predicted molar refractivity (Wildman–Crippen MR) is 96.0 cm³/mol. The Morgan fingerprint density at radius 1 is 1.12 bits per heavy atom. The fraction of sp³-hybridized carbons (Fsp3) is 0.176. The molecule has 0 aliphatic heterocycles. The molecule has 0 bridgehead atoms. The van der Waals surface area contributed by atoms with E-state index >= 15 is 0 Å². The summed E-state index contributed by atoms with van der Waals surface area (Å²) in [6.45, 7) is 0.734. The van der Waals surface area contributed by atoms with E-state index in [1.165, 1.54) is 0 Å². The van der Waals surface area contributed by atoms with Crippen LogP contribution in [0.3, 0.4) is 0 Å². The van der Waals surface area contributed by atoms with Crippen molar-refractivity contribution in [2.24, 2.45) is 0 Å². The highest BCUT2D eigenvalue weighted by Gasteiger charge is 2.13. The second-order valence-electron chi connectivity index (χ2n) is 5.65. The topological polar surface area (TPSA) is 69.0 Å². The summed E-state index contributed by atoms with van der Waals surface area (Å²) in [5.74, 6) is -0.0420. The summed E-state index contributed by atoms with van der Waals surface area (Å²) in [6, 6.07) is 10.5. The first kappa shape index (κ1) is 16.8. The van der Waals surface area contributed by atoms with Crippen LogP contribution < -0.4 is 5.69 Å². The van der Waals surface area contributed by atoms with Gasteiger partial charge in [0.2, 0.25) is 0 Å². The summed E-state index contributed by atoms with van der Waals surface area (Å²) in [7, 11) is 1.84. The maximum absolute atomic E-state index is 12.4. The van der Waals surface area contributed by atoms with E-state index in [2.05, 4.69) is 9.97 Å². The van der Waals surface area contributed by atoms with Gasteiger partial charge in [-0.3, -0.25) is 9.69 Å². The van der Waals surface area contributed by atoms with Crippen molar-refractivity contribution in [2.45, 2.75) is 6.54 Å². The molecule has 24 heavy (non-hydrogen) atoms. The fourth-order valence-electron chi connectivity index (χ4n) is 2.56. The van der Waals surface area contributed by atoms with Crippen LogP contribution in [0.25, 0.3) is 11.0 Å². The number of hydrogen-bond donors (Lipinski definition) is 2. The highest BCUT2D eigenvalue weighted by atomic mass is 35.5. The van der Waals surface area contributed by atoms with Crippen LogP contribution in [0.15, 0.2) is 41.2 Å². The number of aromatic nitrogens is 2. The molecular formula is C17H15Cl2N3O2. The molecule has 0 aliphatic carbocycles. The minimum Gasteiger partial charge on any atom is -0.306 e. The monoisotopic (exact) mass is 363 g/mol. The molecule has 0 saturated carbocycles. The van der Waals surface area contributed by atoms with Crippen molar-refractivity contribution in [1.82, 2.24) is 14.9 Å². The number of aromatic amines is 2. The normalized spacial score (nSPS) is 11.3. The summed E-state index contributed by atoms with van der Waals surface area (Å²) in [4.78, 5) is 30.9. The quantitative estimate of drug-likeness (QED) is 0.681. The Kier molecular flexibility index (Phi) is 4.76. The van der Waals surface area contributed by atoms with E-state index in [1.807, 2.05) is 24.1 Å². The van der Waals surface area contributed by atoms with Crippen LogP contribution in [-0.4, -0.2) is 34.2 Å². The second-order valence-corrected chi connectivity index (χ2v) is 6.43. The van der Waals surface area contributed by atoms with Crippen molar-refractivity contribution >= 4 is 40.0 Å². The van der Waals surface area contributed by atoms with Crippen molar-refractivity contribution in [3.8, 4) is 0 Å². The van der Waals surface area contributed by atoms with Gasteiger partial charge in [0, 0.05) is 12.1 Å². The highest BCUT2D eigenvalue weighted by molar-refractivity contribution is 6.42. The van der Waals surface area contributed by atoms with E-state index in [1.54, 1.807) is 24.3 Å². The summed E-state index contributed by atoms with van der Waals surface area (Å²) in [5.41, 5.74) is 2.41. The van der Waals surface area contributed by atoms with E-state index in [-0.39, 0.29) is 18.0 Å². The third kappa shape index (κ3) is 3.53. The average molecular weight is 364 g/mol. The van der Waals surface area contributed by atoms with E-state index in [4.69, 9.17) is 23.2 Å². The van der Waals surface area contributed by atoms with Crippen LogP contribution >= 0.6 is 23.2 Å². The number of nitrogens with zero attached hydrogens (tertiary/aromatic N) is 1.